The number of hydrogen-bond donors (Lipinski definition) is 1. The molecule has 1 amide bonds. The van der Waals surface area contributed by atoms with Gasteiger partial charge in [0.15, 0.2) is 9.84 Å². The fourth-order valence-electron chi connectivity index (χ4n) is 2.12. The molecule has 0 spiro atoms. The maximum atomic E-state index is 12.0. The fraction of sp³-hybridized carbons (Fsp3) is 0.385. The summed E-state index contributed by atoms with van der Waals surface area (Å²) in [5, 5.41) is 2.60. The zero-order valence-corrected chi connectivity index (χ0v) is 11.8. The van der Waals surface area contributed by atoms with E-state index in [1.54, 1.807) is 18.2 Å². The molecule has 1 atom stereocenters. The Balaban J connectivity index is 2.15. The van der Waals surface area contributed by atoms with Gasteiger partial charge in [0.05, 0.1) is 35.8 Å². The van der Waals surface area contributed by atoms with Crippen molar-refractivity contribution in [3.63, 3.8) is 0 Å². The van der Waals surface area contributed by atoms with E-state index in [9.17, 15) is 18.0 Å². The first-order valence-corrected chi connectivity index (χ1v) is 7.94. The highest BCUT2D eigenvalue weighted by Gasteiger charge is 2.33. The molecule has 0 saturated carbocycles. The molecule has 1 aromatic carbocycles. The minimum atomic E-state index is -3.12. The second-order valence-corrected chi connectivity index (χ2v) is 6.86. The number of para-hydroxylation sites is 1. The molecule has 1 fully saturated rings. The summed E-state index contributed by atoms with van der Waals surface area (Å²) in [5.41, 5.74) is 0.567. The number of nitrogens with one attached hydrogen (secondary N) is 1. The quantitative estimate of drug-likeness (QED) is 0.835. The van der Waals surface area contributed by atoms with E-state index < -0.39 is 21.7 Å². The van der Waals surface area contributed by atoms with Crippen LogP contribution in [0.2, 0.25) is 0 Å². The van der Waals surface area contributed by atoms with E-state index in [4.69, 9.17) is 0 Å². The van der Waals surface area contributed by atoms with E-state index in [1.807, 2.05) is 0 Å². The van der Waals surface area contributed by atoms with Crippen LogP contribution in [0.3, 0.4) is 0 Å². The first kappa shape index (κ1) is 14.5. The van der Waals surface area contributed by atoms with Crippen molar-refractivity contribution in [3.05, 3.63) is 29.8 Å². The van der Waals surface area contributed by atoms with E-state index in [-0.39, 0.29) is 23.0 Å². The normalized spacial score (nSPS) is 20.4. The van der Waals surface area contributed by atoms with Gasteiger partial charge >= 0.3 is 5.97 Å². The number of methoxy groups -OCH3 is 1. The van der Waals surface area contributed by atoms with Crippen molar-refractivity contribution < 1.29 is 22.7 Å². The highest BCUT2D eigenvalue weighted by molar-refractivity contribution is 7.91. The highest BCUT2D eigenvalue weighted by atomic mass is 32.2. The van der Waals surface area contributed by atoms with Crippen molar-refractivity contribution in [3.8, 4) is 0 Å². The molecule has 7 heteroatoms. The van der Waals surface area contributed by atoms with Crippen molar-refractivity contribution in [1.82, 2.24) is 0 Å². The molecule has 0 aromatic heterocycles. The monoisotopic (exact) mass is 297 g/mol. The molecule has 1 heterocycles. The van der Waals surface area contributed by atoms with E-state index in [0.29, 0.717) is 12.1 Å². The van der Waals surface area contributed by atoms with Gasteiger partial charge in [0.25, 0.3) is 0 Å². The minimum Gasteiger partial charge on any atom is -0.465 e. The lowest BCUT2D eigenvalue weighted by Gasteiger charge is -2.12. The van der Waals surface area contributed by atoms with Crippen LogP contribution in [-0.2, 0) is 19.4 Å². The number of benzene rings is 1. The Morgan fingerprint density at radius 2 is 2.00 bits per heavy atom. The summed E-state index contributed by atoms with van der Waals surface area (Å²) >= 11 is 0. The van der Waals surface area contributed by atoms with Crippen LogP contribution in [0.4, 0.5) is 5.69 Å². The van der Waals surface area contributed by atoms with Gasteiger partial charge < -0.3 is 10.1 Å². The summed E-state index contributed by atoms with van der Waals surface area (Å²) in [5.74, 6) is -1.61. The van der Waals surface area contributed by atoms with E-state index in [1.165, 1.54) is 13.2 Å². The number of rotatable bonds is 3. The van der Waals surface area contributed by atoms with Gasteiger partial charge in [0.1, 0.15) is 0 Å². The Hall–Kier alpha value is -1.89. The number of sulfone groups is 1. The molecule has 20 heavy (non-hydrogen) atoms. The SMILES string of the molecule is COC(=O)c1ccccc1NC(=O)[C@H]1CCS(=O)(=O)C1. The number of hydrogen-bond acceptors (Lipinski definition) is 5. The van der Waals surface area contributed by atoms with Gasteiger partial charge in [-0.25, -0.2) is 13.2 Å². The number of carbonyl (C=O) groups excluding carboxylic acids is 2. The number of ether oxygens (including phenoxy) is 1. The Bertz CT molecular complexity index is 638. The Labute approximate surface area is 117 Å². The summed E-state index contributed by atoms with van der Waals surface area (Å²) in [6.45, 7) is 0. The predicted octanol–water partition coefficient (Wildman–Crippen LogP) is 0.846. The van der Waals surface area contributed by atoms with Crippen molar-refractivity contribution in [2.45, 2.75) is 6.42 Å². The molecule has 0 bridgehead atoms. The Morgan fingerprint density at radius 3 is 2.60 bits per heavy atom. The average molecular weight is 297 g/mol. The molecule has 1 saturated heterocycles. The van der Waals surface area contributed by atoms with Crippen LogP contribution >= 0.6 is 0 Å². The molecule has 0 unspecified atom stereocenters. The standard InChI is InChI=1S/C13H15NO5S/c1-19-13(16)10-4-2-3-5-11(10)14-12(15)9-6-7-20(17,18)8-9/h2-5,9H,6-8H2,1H3,(H,14,15)/t9-/m0/s1. The van der Waals surface area contributed by atoms with Gasteiger partial charge in [0, 0.05) is 0 Å². The second kappa shape index (κ2) is 5.62. The number of esters is 1. The molecule has 0 radical (unpaired) electrons. The molecule has 1 N–H and O–H groups in total. The lowest BCUT2D eigenvalue weighted by atomic mass is 10.1. The molecule has 6 nitrogen and oxygen atoms in total. The van der Waals surface area contributed by atoms with Gasteiger partial charge in [-0.2, -0.15) is 0 Å². The maximum Gasteiger partial charge on any atom is 0.339 e. The molecule has 1 aliphatic rings. The summed E-state index contributed by atoms with van der Waals surface area (Å²) < 4.78 is 27.4. The first-order valence-electron chi connectivity index (χ1n) is 6.11. The van der Waals surface area contributed by atoms with Crippen molar-refractivity contribution in [1.29, 1.82) is 0 Å². The molecule has 1 aliphatic heterocycles. The van der Waals surface area contributed by atoms with E-state index >= 15 is 0 Å². The third-order valence-electron chi connectivity index (χ3n) is 3.19. The molecular formula is C13H15NO5S. The zero-order valence-electron chi connectivity index (χ0n) is 11.0. The number of anilines is 1. The summed E-state index contributed by atoms with van der Waals surface area (Å²) in [6.07, 6.45) is 0.314. The summed E-state index contributed by atoms with van der Waals surface area (Å²) in [4.78, 5) is 23.6. The van der Waals surface area contributed by atoms with Gasteiger partial charge in [-0.15, -0.1) is 0 Å². The molecule has 1 aromatic rings. The predicted molar refractivity (Wildman–Crippen MR) is 73.2 cm³/mol. The summed E-state index contributed by atoms with van der Waals surface area (Å²) in [6, 6.07) is 6.44. The van der Waals surface area contributed by atoms with Gasteiger partial charge in [-0.05, 0) is 18.6 Å². The van der Waals surface area contributed by atoms with Crippen LogP contribution < -0.4 is 5.32 Å². The van der Waals surface area contributed by atoms with Crippen molar-refractivity contribution in [2.75, 3.05) is 23.9 Å². The third kappa shape index (κ3) is 3.16. The van der Waals surface area contributed by atoms with Crippen molar-refractivity contribution >= 4 is 27.4 Å². The third-order valence-corrected chi connectivity index (χ3v) is 4.96. The van der Waals surface area contributed by atoms with Crippen LogP contribution in [0.25, 0.3) is 0 Å². The van der Waals surface area contributed by atoms with E-state index in [0.717, 1.165) is 0 Å². The average Bonchev–Trinajstić information content (AvgIpc) is 2.79. The van der Waals surface area contributed by atoms with Gasteiger partial charge in [0.2, 0.25) is 5.91 Å². The van der Waals surface area contributed by atoms with E-state index in [2.05, 4.69) is 10.1 Å². The lowest BCUT2D eigenvalue weighted by molar-refractivity contribution is -0.119. The highest BCUT2D eigenvalue weighted by Crippen LogP contribution is 2.22. The van der Waals surface area contributed by atoms with Crippen LogP contribution in [0, 0.1) is 5.92 Å². The Morgan fingerprint density at radius 1 is 1.30 bits per heavy atom. The number of carbonyl (C=O) groups is 2. The zero-order chi connectivity index (χ0) is 14.8. The smallest absolute Gasteiger partial charge is 0.339 e. The van der Waals surface area contributed by atoms with Gasteiger partial charge in [-0.3, -0.25) is 4.79 Å². The maximum absolute atomic E-state index is 12.0. The second-order valence-electron chi connectivity index (χ2n) is 4.63. The Kier molecular flexibility index (Phi) is 4.08. The van der Waals surface area contributed by atoms with Crippen LogP contribution in [-0.4, -0.2) is 38.9 Å². The lowest BCUT2D eigenvalue weighted by Crippen LogP contribution is -2.24. The molecule has 0 aliphatic carbocycles. The molecular weight excluding hydrogens is 282 g/mol. The van der Waals surface area contributed by atoms with Crippen LogP contribution in [0.5, 0.6) is 0 Å². The van der Waals surface area contributed by atoms with Gasteiger partial charge in [-0.1, -0.05) is 12.1 Å². The van der Waals surface area contributed by atoms with Crippen LogP contribution in [0.15, 0.2) is 24.3 Å². The topological polar surface area (TPSA) is 89.5 Å². The summed E-state index contributed by atoms with van der Waals surface area (Å²) in [7, 11) is -1.86. The van der Waals surface area contributed by atoms with Crippen molar-refractivity contribution in [2.24, 2.45) is 5.92 Å². The molecule has 2 rings (SSSR count). The largest absolute Gasteiger partial charge is 0.465 e. The first-order chi connectivity index (χ1) is 9.43. The fourth-order valence-corrected chi connectivity index (χ4v) is 3.86. The minimum absolute atomic E-state index is 0.0315. The molecule has 108 valence electrons. The van der Waals surface area contributed by atoms with Crippen LogP contribution in [0.1, 0.15) is 16.8 Å². The number of amides is 1.